The van der Waals surface area contributed by atoms with Crippen LogP contribution in [0.2, 0.25) is 5.02 Å². The molecule has 1 saturated carbocycles. The lowest BCUT2D eigenvalue weighted by atomic mass is 9.93. The molecule has 1 aromatic rings. The minimum absolute atomic E-state index is 0.0370. The van der Waals surface area contributed by atoms with Gasteiger partial charge < -0.3 is 9.47 Å². The largest absolute Gasteiger partial charge is 0.468 e. The molecule has 1 fully saturated rings. The second kappa shape index (κ2) is 5.21. The van der Waals surface area contributed by atoms with Crippen molar-refractivity contribution < 1.29 is 19.1 Å². The van der Waals surface area contributed by atoms with Crippen LogP contribution in [0.3, 0.4) is 0 Å². The minimum Gasteiger partial charge on any atom is -0.468 e. The topological polar surface area (TPSA) is 52.6 Å². The molecule has 0 amide bonds. The van der Waals surface area contributed by atoms with E-state index < -0.39 is 5.41 Å². The van der Waals surface area contributed by atoms with Crippen LogP contribution in [0.1, 0.15) is 18.9 Å². The van der Waals surface area contributed by atoms with Crippen LogP contribution < -0.4 is 0 Å². The van der Waals surface area contributed by atoms with Gasteiger partial charge >= 0.3 is 11.9 Å². The molecule has 0 spiro atoms. The summed E-state index contributed by atoms with van der Waals surface area (Å²) in [5.41, 5.74) is 0.148. The first kappa shape index (κ1) is 13.9. The molecule has 0 radical (unpaired) electrons. The van der Waals surface area contributed by atoms with Gasteiger partial charge in [-0.05, 0) is 24.1 Å². The Bertz CT molecular complexity index is 497. The average molecular weight is 283 g/mol. The van der Waals surface area contributed by atoms with E-state index in [0.717, 1.165) is 5.56 Å². The van der Waals surface area contributed by atoms with Crippen molar-refractivity contribution in [3.05, 3.63) is 34.9 Å². The molecule has 0 saturated heterocycles. The predicted molar refractivity (Wildman–Crippen MR) is 69.9 cm³/mol. The van der Waals surface area contributed by atoms with Crippen molar-refractivity contribution in [2.75, 3.05) is 13.7 Å². The molecule has 0 unspecified atom stereocenters. The average Bonchev–Trinajstić information content (AvgIpc) is 3.12. The summed E-state index contributed by atoms with van der Waals surface area (Å²) in [6.45, 7) is 1.58. The van der Waals surface area contributed by atoms with Crippen LogP contribution in [0.15, 0.2) is 24.3 Å². The number of hydrogen-bond donors (Lipinski definition) is 0. The van der Waals surface area contributed by atoms with E-state index in [4.69, 9.17) is 21.1 Å². The van der Waals surface area contributed by atoms with E-state index in [2.05, 4.69) is 0 Å². The van der Waals surface area contributed by atoms with Gasteiger partial charge in [-0.1, -0.05) is 23.7 Å². The summed E-state index contributed by atoms with van der Waals surface area (Å²) in [5, 5.41) is 0.612. The third-order valence-electron chi connectivity index (χ3n) is 3.50. The quantitative estimate of drug-likeness (QED) is 0.796. The van der Waals surface area contributed by atoms with E-state index >= 15 is 0 Å². The van der Waals surface area contributed by atoms with E-state index in [1.165, 1.54) is 14.0 Å². The van der Waals surface area contributed by atoms with Crippen molar-refractivity contribution in [3.63, 3.8) is 0 Å². The van der Waals surface area contributed by atoms with Gasteiger partial charge in [0.2, 0.25) is 0 Å². The number of rotatable bonds is 4. The normalized spacial score (nSPS) is 24.7. The lowest BCUT2D eigenvalue weighted by Crippen LogP contribution is -2.26. The number of carbonyl (C=O) groups excluding carboxylic acids is 2. The monoisotopic (exact) mass is 282 g/mol. The number of halogens is 1. The molecule has 19 heavy (non-hydrogen) atoms. The summed E-state index contributed by atoms with van der Waals surface area (Å²) in [4.78, 5) is 22.9. The fourth-order valence-corrected chi connectivity index (χ4v) is 2.53. The van der Waals surface area contributed by atoms with E-state index in [1.807, 2.05) is 12.1 Å². The van der Waals surface area contributed by atoms with E-state index in [0.29, 0.717) is 11.4 Å². The molecular formula is C14H15ClO4. The highest BCUT2D eigenvalue weighted by Gasteiger charge is 2.62. The molecule has 0 aliphatic heterocycles. The molecule has 5 heteroatoms. The first-order valence-corrected chi connectivity index (χ1v) is 6.36. The zero-order valence-corrected chi connectivity index (χ0v) is 11.6. The number of esters is 2. The molecule has 1 aromatic carbocycles. The SMILES string of the molecule is COC(=O)[C@@]1(c2ccc(Cl)cc2)C[C@@H]1COC(C)=O. The molecule has 0 heterocycles. The predicted octanol–water partition coefficient (Wildman–Crippen LogP) is 2.33. The van der Waals surface area contributed by atoms with Gasteiger partial charge in [-0.2, -0.15) is 0 Å². The Morgan fingerprint density at radius 1 is 1.37 bits per heavy atom. The molecule has 0 aromatic heterocycles. The van der Waals surface area contributed by atoms with Crippen LogP contribution in [-0.4, -0.2) is 25.7 Å². The Balaban J connectivity index is 2.21. The Kier molecular flexibility index (Phi) is 3.80. The summed E-state index contributed by atoms with van der Waals surface area (Å²) in [5.74, 6) is -0.682. The highest BCUT2D eigenvalue weighted by Crippen LogP contribution is 2.55. The van der Waals surface area contributed by atoms with E-state index in [-0.39, 0.29) is 24.5 Å². The standard InChI is InChI=1S/C14H15ClO4/c1-9(16)19-8-11-7-14(11,13(17)18-2)10-3-5-12(15)6-4-10/h3-6,11H,7-8H2,1-2H3/t11-,14-/m1/s1. The first-order chi connectivity index (χ1) is 9.00. The van der Waals surface area contributed by atoms with E-state index in [9.17, 15) is 9.59 Å². The van der Waals surface area contributed by atoms with Gasteiger partial charge in [0.1, 0.15) is 0 Å². The van der Waals surface area contributed by atoms with Crippen LogP contribution in [0.25, 0.3) is 0 Å². The van der Waals surface area contributed by atoms with Gasteiger partial charge in [0.25, 0.3) is 0 Å². The molecule has 0 N–H and O–H groups in total. The Hall–Kier alpha value is -1.55. The third-order valence-corrected chi connectivity index (χ3v) is 3.75. The van der Waals surface area contributed by atoms with Gasteiger partial charge in [-0.15, -0.1) is 0 Å². The van der Waals surface area contributed by atoms with Crippen LogP contribution in [0.5, 0.6) is 0 Å². The smallest absolute Gasteiger partial charge is 0.316 e. The maximum atomic E-state index is 12.0. The molecule has 1 aliphatic rings. The molecular weight excluding hydrogens is 268 g/mol. The van der Waals surface area contributed by atoms with Crippen molar-refractivity contribution in [2.24, 2.45) is 5.92 Å². The zero-order valence-electron chi connectivity index (χ0n) is 10.8. The first-order valence-electron chi connectivity index (χ1n) is 5.98. The summed E-state index contributed by atoms with van der Waals surface area (Å²) < 4.78 is 9.88. The lowest BCUT2D eigenvalue weighted by Gasteiger charge is -2.15. The van der Waals surface area contributed by atoms with Crippen molar-refractivity contribution >= 4 is 23.5 Å². The summed E-state index contributed by atoms with van der Waals surface area (Å²) in [6.07, 6.45) is 0.620. The highest BCUT2D eigenvalue weighted by molar-refractivity contribution is 6.30. The van der Waals surface area contributed by atoms with E-state index in [1.54, 1.807) is 12.1 Å². The molecule has 102 valence electrons. The van der Waals surface area contributed by atoms with Crippen molar-refractivity contribution in [1.82, 2.24) is 0 Å². The fraction of sp³-hybridized carbons (Fsp3) is 0.429. The number of carbonyl (C=O) groups is 2. The molecule has 1 aliphatic carbocycles. The minimum atomic E-state index is -0.700. The van der Waals surface area contributed by atoms with Crippen LogP contribution >= 0.6 is 11.6 Å². The van der Waals surface area contributed by atoms with Crippen molar-refractivity contribution in [3.8, 4) is 0 Å². The molecule has 0 bridgehead atoms. The number of methoxy groups -OCH3 is 1. The Morgan fingerprint density at radius 3 is 2.53 bits per heavy atom. The summed E-state index contributed by atoms with van der Waals surface area (Å²) in [7, 11) is 1.36. The van der Waals surface area contributed by atoms with Gasteiger partial charge in [-0.3, -0.25) is 9.59 Å². The van der Waals surface area contributed by atoms with Gasteiger partial charge in [-0.25, -0.2) is 0 Å². The Morgan fingerprint density at radius 2 is 2.00 bits per heavy atom. The molecule has 2 rings (SSSR count). The Labute approximate surface area is 116 Å². The van der Waals surface area contributed by atoms with Crippen molar-refractivity contribution in [1.29, 1.82) is 0 Å². The summed E-state index contributed by atoms with van der Waals surface area (Å²) >= 11 is 5.85. The maximum absolute atomic E-state index is 12.0. The number of ether oxygens (including phenoxy) is 2. The molecule has 2 atom stereocenters. The third kappa shape index (κ3) is 2.59. The number of hydrogen-bond acceptors (Lipinski definition) is 4. The van der Waals surface area contributed by atoms with Gasteiger partial charge in [0.05, 0.1) is 19.1 Å². The second-order valence-corrected chi connectivity index (χ2v) is 5.11. The van der Waals surface area contributed by atoms with Crippen molar-refractivity contribution in [2.45, 2.75) is 18.8 Å². The number of benzene rings is 1. The van der Waals surface area contributed by atoms with Crippen LogP contribution in [-0.2, 0) is 24.5 Å². The second-order valence-electron chi connectivity index (χ2n) is 4.67. The fourth-order valence-electron chi connectivity index (χ4n) is 2.40. The zero-order chi connectivity index (χ0) is 14.0. The summed E-state index contributed by atoms with van der Waals surface area (Å²) in [6, 6.07) is 7.10. The van der Waals surface area contributed by atoms with Crippen LogP contribution in [0, 0.1) is 5.92 Å². The molecule has 4 nitrogen and oxygen atoms in total. The highest BCUT2D eigenvalue weighted by atomic mass is 35.5. The van der Waals surface area contributed by atoms with Gasteiger partial charge in [0, 0.05) is 17.9 Å². The lowest BCUT2D eigenvalue weighted by molar-refractivity contribution is -0.146. The van der Waals surface area contributed by atoms with Gasteiger partial charge in [0.15, 0.2) is 0 Å². The van der Waals surface area contributed by atoms with Crippen LogP contribution in [0.4, 0.5) is 0 Å². The maximum Gasteiger partial charge on any atom is 0.316 e.